The summed E-state index contributed by atoms with van der Waals surface area (Å²) in [5.74, 6) is -2.20. The second-order valence-corrected chi connectivity index (χ2v) is 5.61. The topological polar surface area (TPSA) is 85.7 Å². The Morgan fingerprint density at radius 3 is 2.23 bits per heavy atom. The number of imide groups is 1. The van der Waals surface area contributed by atoms with Gasteiger partial charge in [0.1, 0.15) is 5.70 Å². The fraction of sp³-hybridized carbons (Fsp3) is 0.263. The molecule has 0 fully saturated rings. The van der Waals surface area contributed by atoms with Gasteiger partial charge in [-0.25, -0.2) is 9.69 Å². The molecule has 1 heterocycles. The molecule has 136 valence electrons. The number of hydrogen-bond donors (Lipinski definition) is 0. The van der Waals surface area contributed by atoms with Gasteiger partial charge in [0.25, 0.3) is 0 Å². The van der Waals surface area contributed by atoms with Crippen LogP contribution >= 0.6 is 0 Å². The minimum absolute atomic E-state index is 0.0923. The molecule has 2 aromatic rings. The van der Waals surface area contributed by atoms with Gasteiger partial charge in [-0.15, -0.1) is 0 Å². The third-order valence-electron chi connectivity index (χ3n) is 3.73. The predicted molar refractivity (Wildman–Crippen MR) is 96.0 cm³/mol. The minimum Gasteiger partial charge on any atom is -0.461 e. The second kappa shape index (κ2) is 7.77. The van der Waals surface area contributed by atoms with Crippen molar-refractivity contribution >= 4 is 40.7 Å². The van der Waals surface area contributed by atoms with Crippen LogP contribution in [-0.2, 0) is 19.1 Å². The van der Waals surface area contributed by atoms with Gasteiger partial charge in [0, 0.05) is 37.9 Å². The summed E-state index contributed by atoms with van der Waals surface area (Å²) in [6.07, 6.45) is 2.95. The number of hydrogen-bond acceptors (Lipinski definition) is 5. The van der Waals surface area contributed by atoms with E-state index < -0.39 is 17.8 Å². The Kier molecular flexibility index (Phi) is 5.71. The van der Waals surface area contributed by atoms with Gasteiger partial charge in [-0.05, 0) is 19.1 Å². The molecule has 0 bridgehead atoms. The first-order valence-corrected chi connectivity index (χ1v) is 8.09. The van der Waals surface area contributed by atoms with Crippen LogP contribution in [0, 0.1) is 0 Å². The molecule has 0 spiro atoms. The SMILES string of the molecule is CCOC(=O)/C(=C/c1cn(C(C)=O)c2ccccc12)N(C(C)=O)C(C)=O. The first-order chi connectivity index (χ1) is 12.3. The van der Waals surface area contributed by atoms with E-state index in [1.54, 1.807) is 37.4 Å². The first kappa shape index (κ1) is 19.1. The van der Waals surface area contributed by atoms with Gasteiger partial charge in [0.05, 0.1) is 12.1 Å². The zero-order valence-electron chi connectivity index (χ0n) is 15.1. The molecule has 2 amide bonds. The molecular weight excluding hydrogens is 336 g/mol. The van der Waals surface area contributed by atoms with Crippen LogP contribution in [0.15, 0.2) is 36.2 Å². The van der Waals surface area contributed by atoms with Crippen molar-refractivity contribution in [1.82, 2.24) is 9.47 Å². The van der Waals surface area contributed by atoms with Crippen LogP contribution < -0.4 is 0 Å². The van der Waals surface area contributed by atoms with Crippen molar-refractivity contribution in [3.63, 3.8) is 0 Å². The van der Waals surface area contributed by atoms with Gasteiger partial charge in [-0.1, -0.05) is 18.2 Å². The number of benzene rings is 1. The summed E-state index contributed by atoms with van der Waals surface area (Å²) in [6, 6.07) is 7.14. The van der Waals surface area contributed by atoms with Crippen molar-refractivity contribution in [2.45, 2.75) is 27.7 Å². The van der Waals surface area contributed by atoms with E-state index in [0.717, 1.165) is 4.90 Å². The van der Waals surface area contributed by atoms with Crippen molar-refractivity contribution in [3.05, 3.63) is 41.7 Å². The first-order valence-electron chi connectivity index (χ1n) is 8.09. The van der Waals surface area contributed by atoms with E-state index in [9.17, 15) is 19.2 Å². The summed E-state index contributed by atoms with van der Waals surface area (Å²) in [5, 5.41) is 0.705. The maximum absolute atomic E-state index is 12.4. The Bertz CT molecular complexity index is 909. The van der Waals surface area contributed by atoms with E-state index in [0.29, 0.717) is 16.5 Å². The molecule has 0 aliphatic rings. The van der Waals surface area contributed by atoms with Gasteiger partial charge in [0.2, 0.25) is 17.7 Å². The highest BCUT2D eigenvalue weighted by Crippen LogP contribution is 2.25. The molecule has 7 heteroatoms. The standard InChI is InChI=1S/C19H20N2O5/c1-5-26-19(25)18(21(13(3)23)14(4)24)10-15-11-20(12(2)22)17-9-7-6-8-16(15)17/h6-11H,5H2,1-4H3/b18-10-. The summed E-state index contributed by atoms with van der Waals surface area (Å²) in [7, 11) is 0. The lowest BCUT2D eigenvalue weighted by Crippen LogP contribution is -2.36. The number of ether oxygens (including phenoxy) is 1. The fourth-order valence-electron chi connectivity index (χ4n) is 2.71. The van der Waals surface area contributed by atoms with Gasteiger partial charge >= 0.3 is 5.97 Å². The van der Waals surface area contributed by atoms with E-state index in [1.165, 1.54) is 31.4 Å². The zero-order valence-corrected chi connectivity index (χ0v) is 15.1. The molecule has 0 N–H and O–H groups in total. The largest absolute Gasteiger partial charge is 0.461 e. The summed E-state index contributed by atoms with van der Waals surface area (Å²) < 4.78 is 6.44. The Hall–Kier alpha value is -3.22. The highest BCUT2D eigenvalue weighted by molar-refractivity contribution is 6.08. The van der Waals surface area contributed by atoms with Crippen LogP contribution in [0.5, 0.6) is 0 Å². The fourth-order valence-corrected chi connectivity index (χ4v) is 2.71. The quantitative estimate of drug-likeness (QED) is 0.621. The molecule has 0 unspecified atom stereocenters. The van der Waals surface area contributed by atoms with E-state index in [1.807, 2.05) is 0 Å². The molecule has 0 saturated carbocycles. The van der Waals surface area contributed by atoms with Gasteiger partial charge in [-0.2, -0.15) is 0 Å². The lowest BCUT2D eigenvalue weighted by molar-refractivity contribution is -0.148. The number of fused-ring (bicyclic) bond motifs is 1. The van der Waals surface area contributed by atoms with Crippen molar-refractivity contribution in [3.8, 4) is 0 Å². The number of amides is 2. The summed E-state index contributed by atoms with van der Waals surface area (Å²) in [4.78, 5) is 48.8. The van der Waals surface area contributed by atoms with Gasteiger partial charge < -0.3 is 4.74 Å². The molecule has 0 aliphatic heterocycles. The normalized spacial score (nSPS) is 11.3. The number of rotatable bonds is 4. The number of esters is 1. The van der Waals surface area contributed by atoms with E-state index >= 15 is 0 Å². The number of carbonyl (C=O) groups excluding carboxylic acids is 4. The number of carbonyl (C=O) groups is 4. The number of para-hydroxylation sites is 1. The average Bonchev–Trinajstić information content (AvgIpc) is 2.93. The highest BCUT2D eigenvalue weighted by atomic mass is 16.5. The van der Waals surface area contributed by atoms with E-state index in [2.05, 4.69) is 0 Å². The molecule has 0 radical (unpaired) electrons. The van der Waals surface area contributed by atoms with Gasteiger partial charge in [-0.3, -0.25) is 19.0 Å². The Morgan fingerprint density at radius 2 is 1.69 bits per heavy atom. The Labute approximate surface area is 150 Å². The minimum atomic E-state index is -0.794. The molecule has 0 atom stereocenters. The van der Waals surface area contributed by atoms with Gasteiger partial charge in [0.15, 0.2) is 0 Å². The molecule has 1 aromatic carbocycles. The van der Waals surface area contributed by atoms with Crippen molar-refractivity contribution in [2.75, 3.05) is 6.61 Å². The van der Waals surface area contributed by atoms with Crippen molar-refractivity contribution in [2.24, 2.45) is 0 Å². The molecule has 1 aromatic heterocycles. The summed E-state index contributed by atoms with van der Waals surface area (Å²) >= 11 is 0. The maximum Gasteiger partial charge on any atom is 0.355 e. The molecule has 2 rings (SSSR count). The van der Waals surface area contributed by atoms with Crippen LogP contribution in [-0.4, -0.2) is 39.8 Å². The number of aromatic nitrogens is 1. The molecule has 0 saturated heterocycles. The molecule has 7 nitrogen and oxygen atoms in total. The Balaban J connectivity index is 2.72. The van der Waals surface area contributed by atoms with Crippen LogP contribution in [0.2, 0.25) is 0 Å². The van der Waals surface area contributed by atoms with Crippen LogP contribution in [0.25, 0.3) is 17.0 Å². The summed E-state index contributed by atoms with van der Waals surface area (Å²) in [5.41, 5.74) is 0.983. The monoisotopic (exact) mass is 356 g/mol. The van der Waals surface area contributed by atoms with E-state index in [-0.39, 0.29) is 18.2 Å². The molecular formula is C19H20N2O5. The average molecular weight is 356 g/mol. The molecule has 0 aliphatic carbocycles. The van der Waals surface area contributed by atoms with E-state index in [4.69, 9.17) is 4.74 Å². The highest BCUT2D eigenvalue weighted by Gasteiger charge is 2.26. The molecule has 26 heavy (non-hydrogen) atoms. The van der Waals surface area contributed by atoms with Crippen LogP contribution in [0.4, 0.5) is 0 Å². The third-order valence-corrected chi connectivity index (χ3v) is 3.73. The predicted octanol–water partition coefficient (Wildman–Crippen LogP) is 2.60. The smallest absolute Gasteiger partial charge is 0.355 e. The lowest BCUT2D eigenvalue weighted by Gasteiger charge is -2.19. The number of nitrogens with zero attached hydrogens (tertiary/aromatic N) is 2. The summed E-state index contributed by atoms with van der Waals surface area (Å²) in [6.45, 7) is 5.52. The van der Waals surface area contributed by atoms with Crippen LogP contribution in [0.1, 0.15) is 38.1 Å². The second-order valence-electron chi connectivity index (χ2n) is 5.61. The Morgan fingerprint density at radius 1 is 1.08 bits per heavy atom. The third kappa shape index (κ3) is 3.72. The zero-order chi connectivity index (χ0) is 19.4. The van der Waals surface area contributed by atoms with Crippen molar-refractivity contribution in [1.29, 1.82) is 0 Å². The van der Waals surface area contributed by atoms with Crippen LogP contribution in [0.3, 0.4) is 0 Å². The lowest BCUT2D eigenvalue weighted by atomic mass is 10.1. The van der Waals surface area contributed by atoms with Crippen molar-refractivity contribution < 1.29 is 23.9 Å². The maximum atomic E-state index is 12.4.